The van der Waals surface area contributed by atoms with Gasteiger partial charge in [-0.05, 0) is 82.4 Å². The molecule has 4 aliphatic rings. The summed E-state index contributed by atoms with van der Waals surface area (Å²) in [4.78, 5) is 72.6. The molecule has 8 rings (SSSR count). The lowest BCUT2D eigenvalue weighted by Gasteiger charge is -2.54. The zero-order valence-electron chi connectivity index (χ0n) is 39.2. The molecule has 0 saturated carbocycles. The second kappa shape index (κ2) is 18.4. The smallest absolute Gasteiger partial charge is 0.355 e. The molecule has 4 aromatic rings. The number of carbonyl (C=O) groups excluding carboxylic acids is 4. The summed E-state index contributed by atoms with van der Waals surface area (Å²) in [5.41, 5.74) is 6.42. The molecule has 3 fully saturated rings. The zero-order chi connectivity index (χ0) is 46.5. The second-order valence-corrected chi connectivity index (χ2v) is 20.5. The Labute approximate surface area is 385 Å². The molecule has 16 nitrogen and oxygen atoms in total. The number of fused-ring (bicyclic) bond motifs is 7. The number of hydrogen-bond donors (Lipinski definition) is 3. The molecule has 7 heterocycles. The molecular formula is C48H65N9O7S. The predicted octanol–water partition coefficient (Wildman–Crippen LogP) is 5.23. The van der Waals surface area contributed by atoms with Crippen LogP contribution in [0.15, 0.2) is 41.9 Å². The highest BCUT2D eigenvalue weighted by Gasteiger charge is 2.48. The van der Waals surface area contributed by atoms with E-state index in [-0.39, 0.29) is 50.1 Å². The maximum atomic E-state index is 14.7. The third kappa shape index (κ3) is 9.01. The molecule has 65 heavy (non-hydrogen) atoms. The van der Waals surface area contributed by atoms with Gasteiger partial charge < -0.3 is 39.2 Å². The van der Waals surface area contributed by atoms with Crippen LogP contribution < -0.4 is 10.7 Å². The number of aryl methyl sites for hydroxylation is 1. The Morgan fingerprint density at radius 2 is 1.94 bits per heavy atom. The molecule has 0 radical (unpaired) electrons. The number of nitrogens with one attached hydrogen (secondary N) is 2. The van der Waals surface area contributed by atoms with E-state index in [1.54, 1.807) is 20.4 Å². The van der Waals surface area contributed by atoms with E-state index in [1.165, 1.54) is 21.2 Å². The van der Waals surface area contributed by atoms with E-state index >= 15 is 0 Å². The average Bonchev–Trinajstić information content (AvgIpc) is 3.86. The van der Waals surface area contributed by atoms with Gasteiger partial charge >= 0.3 is 12.0 Å². The molecular weight excluding hydrogens is 847 g/mol. The molecule has 0 spiro atoms. The highest BCUT2D eigenvalue weighted by molar-refractivity contribution is 7.10. The van der Waals surface area contributed by atoms with Crippen LogP contribution in [0.25, 0.3) is 33.4 Å². The fourth-order valence-corrected chi connectivity index (χ4v) is 11.2. The van der Waals surface area contributed by atoms with Crippen LogP contribution in [0.2, 0.25) is 0 Å². The molecule has 4 amide bonds. The Hall–Kier alpha value is -4.94. The van der Waals surface area contributed by atoms with E-state index in [4.69, 9.17) is 19.4 Å². The number of pyridine rings is 1. The van der Waals surface area contributed by atoms with Crippen LogP contribution in [0, 0.1) is 17.3 Å². The summed E-state index contributed by atoms with van der Waals surface area (Å²) in [6, 6.07) is 8.22. The average molecular weight is 912 g/mol. The Kier molecular flexibility index (Phi) is 13.2. The Bertz CT molecular complexity index is 2450. The van der Waals surface area contributed by atoms with Crippen molar-refractivity contribution in [3.8, 4) is 22.5 Å². The van der Waals surface area contributed by atoms with Crippen LogP contribution in [0.4, 0.5) is 4.79 Å². The van der Waals surface area contributed by atoms with Crippen LogP contribution in [0.5, 0.6) is 0 Å². The molecule has 0 aliphatic carbocycles. The van der Waals surface area contributed by atoms with Gasteiger partial charge in [-0.1, -0.05) is 33.8 Å². The van der Waals surface area contributed by atoms with Crippen LogP contribution in [-0.4, -0.2) is 141 Å². The van der Waals surface area contributed by atoms with Gasteiger partial charge in [0.1, 0.15) is 12.1 Å². The Morgan fingerprint density at radius 1 is 1.15 bits per heavy atom. The first-order valence-electron chi connectivity index (χ1n) is 23.0. The van der Waals surface area contributed by atoms with Crippen molar-refractivity contribution >= 4 is 46.1 Å². The summed E-state index contributed by atoms with van der Waals surface area (Å²) < 4.78 is 14.1. The molecule has 17 heteroatoms. The molecule has 4 aliphatic heterocycles. The number of methoxy groups -OCH3 is 1. The summed E-state index contributed by atoms with van der Waals surface area (Å²) in [6.45, 7) is 15.2. The minimum Gasteiger partial charge on any atom is -0.462 e. The van der Waals surface area contributed by atoms with Crippen LogP contribution in [-0.2, 0) is 43.2 Å². The number of ether oxygens (including phenoxy) is 2. The second-order valence-electron chi connectivity index (χ2n) is 19.6. The van der Waals surface area contributed by atoms with Gasteiger partial charge in [0.25, 0.3) is 5.91 Å². The minimum atomic E-state index is -2.20. The van der Waals surface area contributed by atoms with E-state index in [0.29, 0.717) is 36.9 Å². The third-order valence-electron chi connectivity index (χ3n) is 13.8. The SMILES string of the molecule is CCn1c(-c2cccnc2[C@H](C)OC)c2c3cc(ccc31)-c1csc(n1)C[C@H](NC(=O)[C@H](C(C)C)N(C)C(=O)N1C[C@@H]3CN(C)CC[C@@H]31)C(=O)N1CCC[C@@](O)(N1)C(=O)OCC(C)(C)C2. The van der Waals surface area contributed by atoms with Crippen LogP contribution >= 0.6 is 11.3 Å². The van der Waals surface area contributed by atoms with E-state index in [9.17, 15) is 24.3 Å². The number of carbonyl (C=O) groups is 4. The lowest BCUT2D eigenvalue weighted by Crippen LogP contribution is -2.69. The summed E-state index contributed by atoms with van der Waals surface area (Å²) >= 11 is 1.39. The van der Waals surface area contributed by atoms with Crippen molar-refractivity contribution in [2.24, 2.45) is 17.3 Å². The van der Waals surface area contributed by atoms with Crippen molar-refractivity contribution < 1.29 is 33.8 Å². The zero-order valence-corrected chi connectivity index (χ0v) is 40.0. The molecule has 3 N–H and O–H groups in total. The number of likely N-dealkylation sites (N-methyl/N-ethyl adjacent to an activating group) is 1. The maximum Gasteiger partial charge on any atom is 0.355 e. The fourth-order valence-electron chi connectivity index (χ4n) is 10.4. The number of benzene rings is 1. The number of piperidine rings is 1. The quantitative estimate of drug-likeness (QED) is 0.198. The maximum absolute atomic E-state index is 14.7. The number of thiazole rings is 1. The number of hydrogen-bond acceptors (Lipinski definition) is 12. The predicted molar refractivity (Wildman–Crippen MR) is 248 cm³/mol. The highest BCUT2D eigenvalue weighted by atomic mass is 32.1. The number of cyclic esters (lactones) is 1. The normalized spacial score (nSPS) is 24.8. The lowest BCUT2D eigenvalue weighted by atomic mass is 9.83. The number of nitrogens with zero attached hydrogens (tertiary/aromatic N) is 7. The molecule has 6 bridgehead atoms. The minimum absolute atomic E-state index is 0.0122. The van der Waals surface area contributed by atoms with Gasteiger partial charge in [-0.2, -0.15) is 5.43 Å². The molecule has 0 unspecified atom stereocenters. The molecule has 6 atom stereocenters. The monoisotopic (exact) mass is 911 g/mol. The van der Waals surface area contributed by atoms with Crippen molar-refractivity contribution in [1.82, 2.24) is 45.0 Å². The van der Waals surface area contributed by atoms with E-state index in [2.05, 4.69) is 58.4 Å². The summed E-state index contributed by atoms with van der Waals surface area (Å²) in [5, 5.41) is 19.7. The number of amides is 4. The Balaban J connectivity index is 1.17. The van der Waals surface area contributed by atoms with Crippen LogP contribution in [0.1, 0.15) is 83.2 Å². The van der Waals surface area contributed by atoms with Crippen molar-refractivity contribution in [1.29, 1.82) is 0 Å². The Morgan fingerprint density at radius 3 is 2.66 bits per heavy atom. The molecule has 3 saturated heterocycles. The van der Waals surface area contributed by atoms with Gasteiger partial charge in [-0.25, -0.2) is 14.6 Å². The van der Waals surface area contributed by atoms with Gasteiger partial charge in [-0.3, -0.25) is 19.6 Å². The molecule has 3 aromatic heterocycles. The first-order valence-corrected chi connectivity index (χ1v) is 23.9. The number of hydrazine groups is 1. The summed E-state index contributed by atoms with van der Waals surface area (Å²) in [7, 11) is 5.43. The number of aliphatic hydroxyl groups is 1. The van der Waals surface area contributed by atoms with Crippen molar-refractivity contribution in [3.63, 3.8) is 0 Å². The largest absolute Gasteiger partial charge is 0.462 e. The fraction of sp³-hybridized carbons (Fsp3) is 0.583. The van der Waals surface area contributed by atoms with Crippen molar-refractivity contribution in [3.05, 3.63) is 58.2 Å². The van der Waals surface area contributed by atoms with E-state index in [1.807, 2.05) is 51.0 Å². The van der Waals surface area contributed by atoms with Gasteiger partial charge in [-0.15, -0.1) is 11.3 Å². The summed E-state index contributed by atoms with van der Waals surface area (Å²) in [6.07, 6.45) is 3.22. The number of likely N-dealkylation sites (tertiary alicyclic amines) is 2. The molecule has 350 valence electrons. The van der Waals surface area contributed by atoms with Gasteiger partial charge in [0.15, 0.2) is 0 Å². The van der Waals surface area contributed by atoms with E-state index < -0.39 is 41.0 Å². The number of urea groups is 1. The van der Waals surface area contributed by atoms with Gasteiger partial charge in [0.2, 0.25) is 11.6 Å². The number of esters is 1. The van der Waals surface area contributed by atoms with Crippen molar-refractivity contribution in [2.45, 2.75) is 110 Å². The molecule has 1 aromatic carbocycles. The van der Waals surface area contributed by atoms with E-state index in [0.717, 1.165) is 64.2 Å². The number of rotatable bonds is 8. The summed E-state index contributed by atoms with van der Waals surface area (Å²) in [5.74, 6) is -1.79. The van der Waals surface area contributed by atoms with Crippen molar-refractivity contribution in [2.75, 3.05) is 54.0 Å². The standard InChI is InChI=1S/C48H65N9O7S/c1-10-55-38-15-14-30-21-33(38)34(42(55)32-13-11-18-49-40(32)29(4)63-9)23-47(5,6)27-64-45(60)48(62)17-12-19-57(52-48)44(59)35(22-39-50-36(30)26-65-39)51-43(58)41(28(2)3)54(8)46(61)56-25-31-24-53(7)20-16-37(31)56/h11,13-15,18,21,26,28-29,31,35,37,41,52,62H,10,12,16-17,19-20,22-25,27H2,1-9H3,(H,51,58)/t29-,31-,35-,37-,41-,48-/m0/s1. The lowest BCUT2D eigenvalue weighted by molar-refractivity contribution is -0.189. The van der Waals surface area contributed by atoms with Crippen LogP contribution in [0.3, 0.4) is 0 Å². The van der Waals surface area contributed by atoms with Gasteiger partial charge in [0.05, 0.1) is 34.8 Å². The van der Waals surface area contributed by atoms with Gasteiger partial charge in [0, 0.05) is 104 Å². The highest BCUT2D eigenvalue weighted by Crippen LogP contribution is 2.42. The first kappa shape index (κ1) is 46.6. The first-order chi connectivity index (χ1) is 30.9. The third-order valence-corrected chi connectivity index (χ3v) is 14.7. The number of aromatic nitrogens is 3. The topological polar surface area (TPSA) is 175 Å².